The lowest BCUT2D eigenvalue weighted by Crippen LogP contribution is -2.52. The molecule has 0 radical (unpaired) electrons. The first-order valence-corrected chi connectivity index (χ1v) is 6.45. The number of hydrogen-bond donors (Lipinski definition) is 0. The summed E-state index contributed by atoms with van der Waals surface area (Å²) in [6, 6.07) is 3.80. The van der Waals surface area contributed by atoms with Gasteiger partial charge in [-0.05, 0) is 39.1 Å². The van der Waals surface area contributed by atoms with Gasteiger partial charge >= 0.3 is 5.97 Å². The van der Waals surface area contributed by atoms with E-state index in [1.807, 2.05) is 31.4 Å². The van der Waals surface area contributed by atoms with Crippen molar-refractivity contribution in [2.45, 2.75) is 33.8 Å². The quantitative estimate of drug-likeness (QED) is 0.570. The first-order valence-electron chi connectivity index (χ1n) is 5.57. The van der Waals surface area contributed by atoms with Gasteiger partial charge in [0.25, 0.3) is 0 Å². The molecule has 2 heterocycles. The molecule has 17 heavy (non-hydrogen) atoms. The van der Waals surface area contributed by atoms with Crippen molar-refractivity contribution in [3.8, 4) is 0 Å². The first-order chi connectivity index (χ1) is 7.78. The van der Waals surface area contributed by atoms with E-state index in [2.05, 4.69) is 0 Å². The highest BCUT2D eigenvalue weighted by atomic mass is 32.1. The van der Waals surface area contributed by atoms with Crippen LogP contribution in [0.2, 0.25) is 0 Å². The molecule has 0 saturated carbocycles. The molecule has 3 nitrogen and oxygen atoms in total. The van der Waals surface area contributed by atoms with Crippen molar-refractivity contribution >= 4 is 23.1 Å². The average molecular weight is 252 g/mol. The third-order valence-corrected chi connectivity index (χ3v) is 4.26. The molecule has 0 N–H and O–H groups in total. The molecule has 0 bridgehead atoms. The van der Waals surface area contributed by atoms with E-state index >= 15 is 0 Å². The van der Waals surface area contributed by atoms with E-state index in [0.29, 0.717) is 0 Å². The Balaban J connectivity index is 2.45. The molecule has 1 aliphatic heterocycles. The maximum Gasteiger partial charge on any atom is 0.319 e. The Morgan fingerprint density at radius 2 is 1.88 bits per heavy atom. The monoisotopic (exact) mass is 252 g/mol. The number of Topliss-reactive ketones (excluding diaryl/α,β-unsaturated/α-hetero) is 1. The van der Waals surface area contributed by atoms with Crippen molar-refractivity contribution in [3.05, 3.63) is 22.4 Å². The van der Waals surface area contributed by atoms with Crippen LogP contribution in [0.25, 0.3) is 0 Å². The summed E-state index contributed by atoms with van der Waals surface area (Å²) in [6.07, 6.45) is -0.462. The van der Waals surface area contributed by atoms with Crippen molar-refractivity contribution in [1.29, 1.82) is 0 Å². The maximum absolute atomic E-state index is 12.4. The Hall–Kier alpha value is -1.16. The van der Waals surface area contributed by atoms with Crippen molar-refractivity contribution in [1.82, 2.24) is 0 Å². The van der Waals surface area contributed by atoms with Crippen LogP contribution in [-0.2, 0) is 14.3 Å². The molecule has 1 aromatic rings. The van der Waals surface area contributed by atoms with Gasteiger partial charge in [0.2, 0.25) is 0 Å². The minimum atomic E-state index is -1.04. The van der Waals surface area contributed by atoms with E-state index < -0.39 is 22.9 Å². The van der Waals surface area contributed by atoms with Crippen molar-refractivity contribution in [3.63, 3.8) is 0 Å². The second-order valence-electron chi connectivity index (χ2n) is 5.48. The molecule has 92 valence electrons. The number of ether oxygens (including phenoxy) is 1. The summed E-state index contributed by atoms with van der Waals surface area (Å²) < 4.78 is 5.48. The van der Waals surface area contributed by atoms with Gasteiger partial charge < -0.3 is 4.74 Å². The lowest BCUT2D eigenvalue weighted by atomic mass is 9.68. The Kier molecular flexibility index (Phi) is 2.65. The SMILES string of the molecule is CC1(C)C(=O)O[C@@H](c2cccs2)C(C)(C)C1=O. The van der Waals surface area contributed by atoms with Gasteiger partial charge in [0.05, 0.1) is 5.41 Å². The van der Waals surface area contributed by atoms with E-state index in [1.54, 1.807) is 13.8 Å². The van der Waals surface area contributed by atoms with E-state index in [9.17, 15) is 9.59 Å². The molecule has 0 unspecified atom stereocenters. The molecular formula is C13H16O3S. The molecule has 1 fully saturated rings. The summed E-state index contributed by atoms with van der Waals surface area (Å²) in [6.45, 7) is 6.94. The number of carbonyl (C=O) groups is 2. The fourth-order valence-electron chi connectivity index (χ4n) is 2.27. The van der Waals surface area contributed by atoms with Gasteiger partial charge in [-0.3, -0.25) is 9.59 Å². The zero-order chi connectivity index (χ0) is 12.8. The normalized spacial score (nSPS) is 26.7. The zero-order valence-corrected chi connectivity index (χ0v) is 11.3. The van der Waals surface area contributed by atoms with Gasteiger partial charge in [0.1, 0.15) is 11.5 Å². The van der Waals surface area contributed by atoms with Crippen LogP contribution in [0.5, 0.6) is 0 Å². The third-order valence-electron chi connectivity index (χ3n) is 3.35. The van der Waals surface area contributed by atoms with Crippen LogP contribution in [0, 0.1) is 10.8 Å². The number of thiophene rings is 1. The average Bonchev–Trinajstić information content (AvgIpc) is 2.75. The fraction of sp³-hybridized carbons (Fsp3) is 0.538. The first kappa shape index (κ1) is 12.3. The minimum absolute atomic E-state index is 0.0559. The van der Waals surface area contributed by atoms with Crippen LogP contribution in [0.15, 0.2) is 17.5 Å². The van der Waals surface area contributed by atoms with Crippen LogP contribution in [0.3, 0.4) is 0 Å². The highest BCUT2D eigenvalue weighted by molar-refractivity contribution is 7.10. The molecule has 1 aromatic heterocycles. The van der Waals surface area contributed by atoms with Crippen LogP contribution in [0.4, 0.5) is 0 Å². The van der Waals surface area contributed by atoms with E-state index in [4.69, 9.17) is 4.74 Å². The van der Waals surface area contributed by atoms with Gasteiger partial charge in [0, 0.05) is 4.88 Å². The molecule has 1 aliphatic rings. The minimum Gasteiger partial charge on any atom is -0.455 e. The van der Waals surface area contributed by atoms with Crippen molar-refractivity contribution < 1.29 is 14.3 Å². The Morgan fingerprint density at radius 3 is 2.41 bits per heavy atom. The van der Waals surface area contributed by atoms with Gasteiger partial charge in [0.15, 0.2) is 5.78 Å². The van der Waals surface area contributed by atoms with Crippen LogP contribution < -0.4 is 0 Å². The Bertz CT molecular complexity index is 457. The summed E-state index contributed by atoms with van der Waals surface area (Å²) in [5.74, 6) is -0.486. The number of carbonyl (C=O) groups excluding carboxylic acids is 2. The molecule has 1 atom stereocenters. The number of ketones is 1. The highest BCUT2D eigenvalue weighted by Crippen LogP contribution is 2.48. The van der Waals surface area contributed by atoms with Gasteiger partial charge in [-0.2, -0.15) is 0 Å². The zero-order valence-electron chi connectivity index (χ0n) is 10.4. The van der Waals surface area contributed by atoms with Crippen LogP contribution >= 0.6 is 11.3 Å². The maximum atomic E-state index is 12.4. The molecule has 4 heteroatoms. The standard InChI is InChI=1S/C13H16O3S/c1-12(2)9(8-6-5-7-17-8)16-11(15)13(3,4)10(12)14/h5-7,9H,1-4H3/t9-/m0/s1. The van der Waals surface area contributed by atoms with Gasteiger partial charge in [-0.25, -0.2) is 0 Å². The number of cyclic esters (lactones) is 1. The van der Waals surface area contributed by atoms with Gasteiger partial charge in [-0.1, -0.05) is 6.07 Å². The van der Waals surface area contributed by atoms with E-state index in [0.717, 1.165) is 4.88 Å². The van der Waals surface area contributed by atoms with Crippen LogP contribution in [0.1, 0.15) is 38.7 Å². The Labute approximate surface area is 105 Å². The second kappa shape index (κ2) is 3.67. The molecule has 0 aliphatic carbocycles. The molecule has 0 amide bonds. The highest BCUT2D eigenvalue weighted by Gasteiger charge is 2.55. The molecule has 0 aromatic carbocycles. The number of hydrogen-bond acceptors (Lipinski definition) is 4. The number of esters is 1. The van der Waals surface area contributed by atoms with E-state index in [1.165, 1.54) is 11.3 Å². The topological polar surface area (TPSA) is 43.4 Å². The summed E-state index contributed by atoms with van der Waals surface area (Å²) in [5.41, 5.74) is -1.72. The lowest BCUT2D eigenvalue weighted by molar-refractivity contribution is -0.186. The van der Waals surface area contributed by atoms with Crippen molar-refractivity contribution in [2.75, 3.05) is 0 Å². The van der Waals surface area contributed by atoms with E-state index in [-0.39, 0.29) is 5.78 Å². The molecular weight excluding hydrogens is 236 g/mol. The largest absolute Gasteiger partial charge is 0.455 e. The lowest BCUT2D eigenvalue weighted by Gasteiger charge is -2.42. The van der Waals surface area contributed by atoms with Gasteiger partial charge in [-0.15, -0.1) is 11.3 Å². The predicted octanol–water partition coefficient (Wildman–Crippen LogP) is 2.97. The van der Waals surface area contributed by atoms with Crippen molar-refractivity contribution in [2.24, 2.45) is 10.8 Å². The fourth-order valence-corrected chi connectivity index (χ4v) is 3.21. The summed E-state index contributed by atoms with van der Waals surface area (Å²) >= 11 is 1.51. The summed E-state index contributed by atoms with van der Waals surface area (Å²) in [5, 5.41) is 1.92. The third kappa shape index (κ3) is 1.71. The molecule has 1 saturated heterocycles. The smallest absolute Gasteiger partial charge is 0.319 e. The van der Waals surface area contributed by atoms with Crippen LogP contribution in [-0.4, -0.2) is 11.8 Å². The summed E-state index contributed by atoms with van der Waals surface area (Å²) in [4.78, 5) is 25.2. The predicted molar refractivity (Wildman–Crippen MR) is 65.7 cm³/mol. The molecule has 2 rings (SSSR count). The summed E-state index contributed by atoms with van der Waals surface area (Å²) in [7, 11) is 0. The second-order valence-corrected chi connectivity index (χ2v) is 6.46. The molecule has 0 spiro atoms. The number of rotatable bonds is 1. The Morgan fingerprint density at radius 1 is 1.24 bits per heavy atom.